The fraction of sp³-hybridized carbons (Fsp3) is 0.368. The second kappa shape index (κ2) is 7.93. The Kier molecular flexibility index (Phi) is 5.43. The lowest BCUT2D eigenvalue weighted by Crippen LogP contribution is -2.48. The van der Waals surface area contributed by atoms with Crippen molar-refractivity contribution in [3.05, 3.63) is 59.9 Å². The second-order valence-corrected chi connectivity index (χ2v) is 5.88. The molecule has 1 aliphatic rings. The molecular formula is C19H23N3O2. The summed E-state index contributed by atoms with van der Waals surface area (Å²) in [7, 11) is 0. The normalized spacial score (nSPS) is 15.3. The molecule has 126 valence electrons. The zero-order valence-electron chi connectivity index (χ0n) is 14.0. The average Bonchev–Trinajstić information content (AvgIpc) is 2.63. The summed E-state index contributed by atoms with van der Waals surface area (Å²) in [6.07, 6.45) is 3.64. The Labute approximate surface area is 142 Å². The maximum atomic E-state index is 12.7. The maximum absolute atomic E-state index is 12.7. The van der Waals surface area contributed by atoms with Gasteiger partial charge in [0.1, 0.15) is 5.75 Å². The van der Waals surface area contributed by atoms with Crippen LogP contribution in [-0.4, -0.2) is 53.5 Å². The van der Waals surface area contributed by atoms with Crippen molar-refractivity contribution in [2.75, 3.05) is 32.8 Å². The van der Waals surface area contributed by atoms with E-state index >= 15 is 0 Å². The molecule has 0 aliphatic carbocycles. The summed E-state index contributed by atoms with van der Waals surface area (Å²) in [6, 6.07) is 11.5. The van der Waals surface area contributed by atoms with Gasteiger partial charge in [0.05, 0.1) is 6.61 Å². The van der Waals surface area contributed by atoms with Crippen LogP contribution in [0.1, 0.15) is 22.8 Å². The molecule has 1 saturated heterocycles. The molecule has 0 unspecified atom stereocenters. The van der Waals surface area contributed by atoms with Gasteiger partial charge >= 0.3 is 0 Å². The van der Waals surface area contributed by atoms with Crippen molar-refractivity contribution in [2.24, 2.45) is 0 Å². The monoisotopic (exact) mass is 325 g/mol. The lowest BCUT2D eigenvalue weighted by molar-refractivity contribution is 0.0628. The Balaban J connectivity index is 1.56. The van der Waals surface area contributed by atoms with E-state index in [1.165, 1.54) is 5.56 Å². The molecule has 5 nitrogen and oxygen atoms in total. The van der Waals surface area contributed by atoms with Crippen molar-refractivity contribution >= 4 is 5.91 Å². The minimum absolute atomic E-state index is 0.0834. The number of piperazine rings is 1. The van der Waals surface area contributed by atoms with Crippen LogP contribution in [0.4, 0.5) is 0 Å². The van der Waals surface area contributed by atoms with Gasteiger partial charge in [-0.2, -0.15) is 0 Å². The van der Waals surface area contributed by atoms with Crippen molar-refractivity contribution in [2.45, 2.75) is 13.5 Å². The molecule has 0 N–H and O–H groups in total. The highest BCUT2D eigenvalue weighted by Gasteiger charge is 2.22. The molecule has 2 heterocycles. The quantitative estimate of drug-likeness (QED) is 0.847. The topological polar surface area (TPSA) is 45.7 Å². The highest BCUT2D eigenvalue weighted by atomic mass is 16.5. The first kappa shape index (κ1) is 16.5. The first-order valence-electron chi connectivity index (χ1n) is 8.39. The van der Waals surface area contributed by atoms with Crippen molar-refractivity contribution in [1.29, 1.82) is 0 Å². The molecule has 2 aromatic rings. The maximum Gasteiger partial charge on any atom is 0.254 e. The molecule has 24 heavy (non-hydrogen) atoms. The number of rotatable bonds is 5. The molecule has 0 saturated carbocycles. The van der Waals surface area contributed by atoms with Gasteiger partial charge in [0.25, 0.3) is 5.91 Å². The molecule has 1 fully saturated rings. The second-order valence-electron chi connectivity index (χ2n) is 5.88. The Morgan fingerprint density at radius 1 is 1.12 bits per heavy atom. The third-order valence-electron chi connectivity index (χ3n) is 4.21. The molecule has 1 aliphatic heterocycles. The molecule has 1 aromatic carbocycles. The van der Waals surface area contributed by atoms with Gasteiger partial charge in [0, 0.05) is 50.7 Å². The SMILES string of the molecule is CCOc1cccc(C(=O)N2CCN(Cc3ccncc3)CC2)c1. The predicted molar refractivity (Wildman–Crippen MR) is 93.0 cm³/mol. The number of aromatic nitrogens is 1. The van der Waals surface area contributed by atoms with Crippen LogP contribution in [-0.2, 0) is 6.54 Å². The zero-order valence-corrected chi connectivity index (χ0v) is 14.0. The van der Waals surface area contributed by atoms with E-state index in [0.29, 0.717) is 12.2 Å². The molecule has 0 bridgehead atoms. The van der Waals surface area contributed by atoms with E-state index in [0.717, 1.165) is 38.5 Å². The summed E-state index contributed by atoms with van der Waals surface area (Å²) in [5.41, 5.74) is 1.96. The molecular weight excluding hydrogens is 302 g/mol. The molecule has 3 rings (SSSR count). The predicted octanol–water partition coefficient (Wildman–Crippen LogP) is 2.44. The van der Waals surface area contributed by atoms with Crippen LogP contribution in [0.5, 0.6) is 5.75 Å². The van der Waals surface area contributed by atoms with Gasteiger partial charge < -0.3 is 9.64 Å². The van der Waals surface area contributed by atoms with E-state index in [-0.39, 0.29) is 5.91 Å². The lowest BCUT2D eigenvalue weighted by Gasteiger charge is -2.34. The van der Waals surface area contributed by atoms with Crippen molar-refractivity contribution in [1.82, 2.24) is 14.8 Å². The third-order valence-corrected chi connectivity index (χ3v) is 4.21. The van der Waals surface area contributed by atoms with Crippen molar-refractivity contribution in [3.63, 3.8) is 0 Å². The van der Waals surface area contributed by atoms with E-state index in [1.54, 1.807) is 0 Å². The summed E-state index contributed by atoms with van der Waals surface area (Å²) in [4.78, 5) is 21.0. The number of ether oxygens (including phenoxy) is 1. The molecule has 0 radical (unpaired) electrons. The lowest BCUT2D eigenvalue weighted by atomic mass is 10.1. The Morgan fingerprint density at radius 3 is 2.58 bits per heavy atom. The first-order chi connectivity index (χ1) is 11.8. The van der Waals surface area contributed by atoms with Crippen LogP contribution in [0.2, 0.25) is 0 Å². The van der Waals surface area contributed by atoms with Gasteiger partial charge in [-0.1, -0.05) is 6.07 Å². The van der Waals surface area contributed by atoms with Gasteiger partial charge in [-0.05, 0) is 42.8 Å². The molecule has 0 spiro atoms. The Hall–Kier alpha value is -2.40. The minimum Gasteiger partial charge on any atom is -0.494 e. The van der Waals surface area contributed by atoms with Crippen LogP contribution in [0.15, 0.2) is 48.8 Å². The van der Waals surface area contributed by atoms with E-state index in [1.807, 2.05) is 60.6 Å². The standard InChI is InChI=1S/C19H23N3O2/c1-2-24-18-5-3-4-17(14-18)19(23)22-12-10-21(11-13-22)15-16-6-8-20-9-7-16/h3-9,14H,2,10-13,15H2,1H3. The minimum atomic E-state index is 0.0834. The molecule has 1 amide bonds. The summed E-state index contributed by atoms with van der Waals surface area (Å²) in [6.45, 7) is 6.73. The summed E-state index contributed by atoms with van der Waals surface area (Å²) >= 11 is 0. The number of carbonyl (C=O) groups excluding carboxylic acids is 1. The average molecular weight is 325 g/mol. The van der Waals surface area contributed by atoms with Gasteiger partial charge in [-0.3, -0.25) is 14.7 Å². The number of nitrogens with zero attached hydrogens (tertiary/aromatic N) is 3. The van der Waals surface area contributed by atoms with Crippen LogP contribution >= 0.6 is 0 Å². The zero-order chi connectivity index (χ0) is 16.8. The number of hydrogen-bond acceptors (Lipinski definition) is 4. The van der Waals surface area contributed by atoms with Crippen molar-refractivity contribution < 1.29 is 9.53 Å². The van der Waals surface area contributed by atoms with E-state index in [9.17, 15) is 4.79 Å². The Bertz CT molecular complexity index is 667. The van der Waals surface area contributed by atoms with Gasteiger partial charge in [0.15, 0.2) is 0 Å². The number of carbonyl (C=O) groups is 1. The molecule has 1 aromatic heterocycles. The van der Waals surface area contributed by atoms with E-state index in [4.69, 9.17) is 4.74 Å². The van der Waals surface area contributed by atoms with Crippen LogP contribution < -0.4 is 4.74 Å². The number of benzene rings is 1. The van der Waals surface area contributed by atoms with E-state index in [2.05, 4.69) is 9.88 Å². The summed E-state index contributed by atoms with van der Waals surface area (Å²) < 4.78 is 5.48. The van der Waals surface area contributed by atoms with Crippen LogP contribution in [0.25, 0.3) is 0 Å². The van der Waals surface area contributed by atoms with Gasteiger partial charge in [0.2, 0.25) is 0 Å². The van der Waals surface area contributed by atoms with Crippen molar-refractivity contribution in [3.8, 4) is 5.75 Å². The van der Waals surface area contributed by atoms with Crippen LogP contribution in [0, 0.1) is 0 Å². The third kappa shape index (κ3) is 4.11. The largest absolute Gasteiger partial charge is 0.494 e. The smallest absolute Gasteiger partial charge is 0.254 e. The number of hydrogen-bond donors (Lipinski definition) is 0. The highest BCUT2D eigenvalue weighted by Crippen LogP contribution is 2.16. The van der Waals surface area contributed by atoms with E-state index < -0.39 is 0 Å². The number of pyridine rings is 1. The fourth-order valence-corrected chi connectivity index (χ4v) is 2.92. The molecule has 5 heteroatoms. The summed E-state index contributed by atoms with van der Waals surface area (Å²) in [5.74, 6) is 0.833. The fourth-order valence-electron chi connectivity index (χ4n) is 2.92. The molecule has 0 atom stereocenters. The highest BCUT2D eigenvalue weighted by molar-refractivity contribution is 5.94. The summed E-state index contributed by atoms with van der Waals surface area (Å²) in [5, 5.41) is 0. The first-order valence-corrected chi connectivity index (χ1v) is 8.39. The number of amides is 1. The Morgan fingerprint density at radius 2 is 1.88 bits per heavy atom. The van der Waals surface area contributed by atoms with Gasteiger partial charge in [-0.15, -0.1) is 0 Å². The van der Waals surface area contributed by atoms with Gasteiger partial charge in [-0.25, -0.2) is 0 Å². The van der Waals surface area contributed by atoms with Crippen LogP contribution in [0.3, 0.4) is 0 Å².